The van der Waals surface area contributed by atoms with Crippen LogP contribution in [0.2, 0.25) is 0 Å². The highest BCUT2D eigenvalue weighted by molar-refractivity contribution is 5.78. The number of rotatable bonds is 5. The summed E-state index contributed by atoms with van der Waals surface area (Å²) < 4.78 is 0. The number of nitriles is 1. The largest absolute Gasteiger partial charge is 0.379 e. The van der Waals surface area contributed by atoms with Crippen molar-refractivity contribution in [3.63, 3.8) is 0 Å². The Hall–Kier alpha value is -3.15. The van der Waals surface area contributed by atoms with Gasteiger partial charge in [-0.05, 0) is 12.1 Å². The Labute approximate surface area is 145 Å². The zero-order valence-corrected chi connectivity index (χ0v) is 13.9. The summed E-state index contributed by atoms with van der Waals surface area (Å²) in [5, 5.41) is 22.8. The van der Waals surface area contributed by atoms with Crippen molar-refractivity contribution in [2.24, 2.45) is 0 Å². The van der Waals surface area contributed by atoms with Crippen molar-refractivity contribution in [2.75, 3.05) is 38.0 Å². The van der Waals surface area contributed by atoms with Gasteiger partial charge in [0.15, 0.2) is 0 Å². The molecule has 2 rings (SSSR count). The van der Waals surface area contributed by atoms with Gasteiger partial charge in [0.1, 0.15) is 5.69 Å². The highest BCUT2D eigenvalue weighted by Gasteiger charge is 2.22. The molecule has 0 radical (unpaired) electrons. The van der Waals surface area contributed by atoms with Crippen molar-refractivity contribution in [1.82, 2.24) is 9.80 Å². The SMILES string of the molecule is CC(=O)N1CCN(C(=O)CCNc2ccc(C#N)cc2[N+](=O)[O-])CC1. The Morgan fingerprint density at radius 1 is 1.28 bits per heavy atom. The Balaban J connectivity index is 1.87. The minimum absolute atomic E-state index is 0.00175. The summed E-state index contributed by atoms with van der Waals surface area (Å²) in [6.07, 6.45) is 0.192. The molecule has 0 bridgehead atoms. The van der Waals surface area contributed by atoms with Crippen molar-refractivity contribution in [3.05, 3.63) is 33.9 Å². The molecular weight excluding hydrogens is 326 g/mol. The maximum absolute atomic E-state index is 12.2. The summed E-state index contributed by atoms with van der Waals surface area (Å²) >= 11 is 0. The number of nitro benzene ring substituents is 1. The van der Waals surface area contributed by atoms with E-state index in [2.05, 4.69) is 5.32 Å². The Kier molecular flexibility index (Phi) is 5.89. The number of nitrogens with zero attached hydrogens (tertiary/aromatic N) is 4. The average Bonchev–Trinajstić information content (AvgIpc) is 2.61. The Morgan fingerprint density at radius 2 is 1.92 bits per heavy atom. The van der Waals surface area contributed by atoms with Crippen molar-refractivity contribution in [1.29, 1.82) is 5.26 Å². The van der Waals surface area contributed by atoms with Crippen LogP contribution in [0.1, 0.15) is 18.9 Å². The maximum Gasteiger partial charge on any atom is 0.293 e. The second-order valence-electron chi connectivity index (χ2n) is 5.66. The number of carbonyl (C=O) groups is 2. The van der Waals surface area contributed by atoms with Gasteiger partial charge in [0.25, 0.3) is 5.69 Å². The van der Waals surface area contributed by atoms with Gasteiger partial charge < -0.3 is 15.1 Å². The molecule has 0 spiro atoms. The number of amides is 2. The standard InChI is InChI=1S/C16H19N5O4/c1-12(22)19-6-8-20(9-7-19)16(23)4-5-18-14-3-2-13(11-17)10-15(14)21(24)25/h2-3,10,18H,4-9H2,1H3. The van der Waals surface area contributed by atoms with Crippen LogP contribution in [0.5, 0.6) is 0 Å². The second kappa shape index (κ2) is 8.10. The van der Waals surface area contributed by atoms with E-state index in [4.69, 9.17) is 5.26 Å². The number of hydrogen-bond acceptors (Lipinski definition) is 6. The summed E-state index contributed by atoms with van der Waals surface area (Å²) in [6.45, 7) is 3.79. The van der Waals surface area contributed by atoms with Gasteiger partial charge >= 0.3 is 0 Å². The van der Waals surface area contributed by atoms with Gasteiger partial charge in [0, 0.05) is 52.1 Å². The zero-order valence-electron chi connectivity index (χ0n) is 13.9. The van der Waals surface area contributed by atoms with E-state index >= 15 is 0 Å². The molecule has 9 nitrogen and oxygen atoms in total. The highest BCUT2D eigenvalue weighted by Crippen LogP contribution is 2.25. The fourth-order valence-electron chi connectivity index (χ4n) is 2.63. The molecule has 1 saturated heterocycles. The minimum Gasteiger partial charge on any atom is -0.379 e. The smallest absolute Gasteiger partial charge is 0.293 e. The predicted molar refractivity (Wildman–Crippen MR) is 89.8 cm³/mol. The molecule has 0 aromatic heterocycles. The first kappa shape index (κ1) is 18.2. The van der Waals surface area contributed by atoms with E-state index in [1.165, 1.54) is 25.1 Å². The summed E-state index contributed by atoms with van der Waals surface area (Å²) in [5.74, 6) is -0.0612. The molecule has 132 valence electrons. The summed E-state index contributed by atoms with van der Waals surface area (Å²) in [4.78, 5) is 37.4. The van der Waals surface area contributed by atoms with Crippen LogP contribution in [0.25, 0.3) is 0 Å². The van der Waals surface area contributed by atoms with E-state index in [1.54, 1.807) is 9.80 Å². The molecule has 2 amide bonds. The molecule has 1 fully saturated rings. The lowest BCUT2D eigenvalue weighted by Gasteiger charge is -2.34. The van der Waals surface area contributed by atoms with Crippen LogP contribution in [-0.4, -0.2) is 59.3 Å². The third kappa shape index (κ3) is 4.67. The molecule has 0 atom stereocenters. The van der Waals surface area contributed by atoms with Gasteiger partial charge in [-0.15, -0.1) is 0 Å². The lowest BCUT2D eigenvalue weighted by molar-refractivity contribution is -0.384. The van der Waals surface area contributed by atoms with Gasteiger partial charge in [-0.3, -0.25) is 19.7 Å². The fraction of sp³-hybridized carbons (Fsp3) is 0.438. The molecule has 1 aliphatic heterocycles. The number of piperazine rings is 1. The lowest BCUT2D eigenvalue weighted by atomic mass is 10.2. The van der Waals surface area contributed by atoms with E-state index in [0.717, 1.165) is 0 Å². The van der Waals surface area contributed by atoms with Crippen LogP contribution in [0.3, 0.4) is 0 Å². The van der Waals surface area contributed by atoms with Gasteiger partial charge in [0.05, 0.1) is 16.6 Å². The molecule has 1 N–H and O–H groups in total. The Morgan fingerprint density at radius 3 is 2.48 bits per heavy atom. The van der Waals surface area contributed by atoms with Crippen molar-refractivity contribution >= 4 is 23.2 Å². The monoisotopic (exact) mass is 345 g/mol. The molecule has 1 aromatic carbocycles. The number of benzene rings is 1. The Bertz CT molecular complexity index is 720. The van der Waals surface area contributed by atoms with Crippen LogP contribution in [0, 0.1) is 21.4 Å². The quantitative estimate of drug-likeness (QED) is 0.627. The number of hydrogen-bond donors (Lipinski definition) is 1. The van der Waals surface area contributed by atoms with Crippen molar-refractivity contribution < 1.29 is 14.5 Å². The summed E-state index contributed by atoms with van der Waals surface area (Å²) in [7, 11) is 0. The first-order valence-electron chi connectivity index (χ1n) is 7.88. The molecule has 1 aromatic rings. The molecule has 1 aliphatic rings. The molecule has 0 saturated carbocycles. The second-order valence-corrected chi connectivity index (χ2v) is 5.66. The van der Waals surface area contributed by atoms with E-state index in [9.17, 15) is 19.7 Å². The fourth-order valence-corrected chi connectivity index (χ4v) is 2.63. The van der Waals surface area contributed by atoms with Gasteiger partial charge in [-0.2, -0.15) is 5.26 Å². The van der Waals surface area contributed by atoms with Crippen LogP contribution in [0.15, 0.2) is 18.2 Å². The van der Waals surface area contributed by atoms with Gasteiger partial charge in [0.2, 0.25) is 11.8 Å². The third-order valence-electron chi connectivity index (χ3n) is 4.06. The molecular formula is C16H19N5O4. The minimum atomic E-state index is -0.564. The molecule has 0 unspecified atom stereocenters. The van der Waals surface area contributed by atoms with Gasteiger partial charge in [-0.1, -0.05) is 0 Å². The first-order chi connectivity index (χ1) is 11.9. The highest BCUT2D eigenvalue weighted by atomic mass is 16.6. The van der Waals surface area contributed by atoms with E-state index in [0.29, 0.717) is 26.2 Å². The zero-order chi connectivity index (χ0) is 18.4. The molecule has 25 heavy (non-hydrogen) atoms. The normalized spacial score (nSPS) is 13.9. The van der Waals surface area contributed by atoms with Crippen LogP contribution in [-0.2, 0) is 9.59 Å². The van der Waals surface area contributed by atoms with Crippen LogP contribution < -0.4 is 5.32 Å². The number of nitro groups is 1. The first-order valence-corrected chi connectivity index (χ1v) is 7.88. The van der Waals surface area contributed by atoms with E-state index in [-0.39, 0.29) is 41.7 Å². The van der Waals surface area contributed by atoms with E-state index < -0.39 is 4.92 Å². The molecule has 0 aliphatic carbocycles. The van der Waals surface area contributed by atoms with Crippen molar-refractivity contribution in [2.45, 2.75) is 13.3 Å². The van der Waals surface area contributed by atoms with E-state index in [1.807, 2.05) is 6.07 Å². The summed E-state index contributed by atoms with van der Waals surface area (Å²) in [5.41, 5.74) is 0.288. The molecule has 1 heterocycles. The predicted octanol–water partition coefficient (Wildman–Crippen LogP) is 0.959. The number of carbonyl (C=O) groups excluding carboxylic acids is 2. The lowest BCUT2D eigenvalue weighted by Crippen LogP contribution is -2.50. The van der Waals surface area contributed by atoms with Gasteiger partial charge in [-0.25, -0.2) is 0 Å². The maximum atomic E-state index is 12.2. The summed E-state index contributed by atoms with van der Waals surface area (Å²) in [6, 6.07) is 6.01. The number of nitrogens with one attached hydrogen (secondary N) is 1. The molecule has 9 heteroatoms. The number of anilines is 1. The average molecular weight is 345 g/mol. The van der Waals surface area contributed by atoms with Crippen molar-refractivity contribution in [3.8, 4) is 6.07 Å². The third-order valence-corrected chi connectivity index (χ3v) is 4.06. The topological polar surface area (TPSA) is 120 Å². The van der Waals surface area contributed by atoms with Crippen LogP contribution in [0.4, 0.5) is 11.4 Å². The van der Waals surface area contributed by atoms with Crippen LogP contribution >= 0.6 is 0 Å².